The Kier molecular flexibility index (Phi) is 4.49. The largest absolute Gasteiger partial charge is 0.361 e. The lowest BCUT2D eigenvalue weighted by atomic mass is 10.3. The molecular formula is C13H18FN3S. The molecule has 0 aliphatic rings. The molecule has 18 heavy (non-hydrogen) atoms. The maximum atomic E-state index is 13.0. The van der Waals surface area contributed by atoms with Crippen molar-refractivity contribution in [1.82, 2.24) is 9.88 Å². The van der Waals surface area contributed by atoms with Gasteiger partial charge in [0.05, 0.1) is 10.2 Å². The number of nitrogens with one attached hydrogen (secondary N) is 1. The molecular weight excluding hydrogens is 249 g/mol. The molecule has 1 N–H and O–H groups in total. The van der Waals surface area contributed by atoms with Crippen molar-refractivity contribution in [2.75, 3.05) is 32.5 Å². The van der Waals surface area contributed by atoms with E-state index in [-0.39, 0.29) is 5.82 Å². The summed E-state index contributed by atoms with van der Waals surface area (Å²) in [5, 5.41) is 4.17. The van der Waals surface area contributed by atoms with Gasteiger partial charge in [0.15, 0.2) is 5.13 Å². The second-order valence-electron chi connectivity index (χ2n) is 4.57. The summed E-state index contributed by atoms with van der Waals surface area (Å²) < 4.78 is 13.9. The molecule has 0 radical (unpaired) electrons. The Hall–Kier alpha value is -1.20. The van der Waals surface area contributed by atoms with Crippen molar-refractivity contribution in [1.29, 1.82) is 0 Å². The number of anilines is 1. The summed E-state index contributed by atoms with van der Waals surface area (Å²) in [6.45, 7) is 2.02. The fraction of sp³-hybridized carbons (Fsp3) is 0.462. The minimum atomic E-state index is -0.205. The van der Waals surface area contributed by atoms with Gasteiger partial charge in [0.1, 0.15) is 5.82 Å². The summed E-state index contributed by atoms with van der Waals surface area (Å²) >= 11 is 1.50. The lowest BCUT2D eigenvalue weighted by molar-refractivity contribution is 0.396. The smallest absolute Gasteiger partial charge is 0.183 e. The maximum absolute atomic E-state index is 13.0. The number of halogens is 1. The number of nitrogens with zero attached hydrogens (tertiary/aromatic N) is 2. The monoisotopic (exact) mass is 267 g/mol. The highest BCUT2D eigenvalue weighted by Crippen LogP contribution is 2.26. The van der Waals surface area contributed by atoms with Gasteiger partial charge in [-0.3, -0.25) is 0 Å². The third kappa shape index (κ3) is 3.65. The minimum Gasteiger partial charge on any atom is -0.361 e. The molecule has 2 rings (SSSR count). The second-order valence-corrected chi connectivity index (χ2v) is 5.60. The highest BCUT2D eigenvalue weighted by Gasteiger charge is 2.03. The molecule has 0 saturated carbocycles. The zero-order valence-electron chi connectivity index (χ0n) is 10.7. The molecule has 1 aromatic carbocycles. The molecule has 0 atom stereocenters. The Morgan fingerprint density at radius 2 is 2.17 bits per heavy atom. The first kappa shape index (κ1) is 13.2. The SMILES string of the molecule is CN(C)CCCCNc1nc2ccc(F)cc2s1. The van der Waals surface area contributed by atoms with Gasteiger partial charge >= 0.3 is 0 Å². The van der Waals surface area contributed by atoms with Crippen molar-refractivity contribution in [3.05, 3.63) is 24.0 Å². The predicted molar refractivity (Wildman–Crippen MR) is 75.9 cm³/mol. The van der Waals surface area contributed by atoms with E-state index in [1.165, 1.54) is 29.9 Å². The summed E-state index contributed by atoms with van der Waals surface area (Å²) in [6.07, 6.45) is 2.28. The Morgan fingerprint density at radius 1 is 1.33 bits per heavy atom. The van der Waals surface area contributed by atoms with Crippen LogP contribution >= 0.6 is 11.3 Å². The first-order valence-corrected chi connectivity index (χ1v) is 6.91. The number of hydrogen-bond acceptors (Lipinski definition) is 4. The van der Waals surface area contributed by atoms with Crippen LogP contribution in [-0.2, 0) is 0 Å². The Labute approximate surface area is 111 Å². The quantitative estimate of drug-likeness (QED) is 0.815. The van der Waals surface area contributed by atoms with Crippen LogP contribution in [0.2, 0.25) is 0 Å². The van der Waals surface area contributed by atoms with Gasteiger partial charge in [0.2, 0.25) is 0 Å². The molecule has 0 fully saturated rings. The molecule has 0 unspecified atom stereocenters. The van der Waals surface area contributed by atoms with E-state index in [0.717, 1.165) is 34.9 Å². The van der Waals surface area contributed by atoms with Gasteiger partial charge in [-0.2, -0.15) is 0 Å². The summed E-state index contributed by atoms with van der Waals surface area (Å²) in [4.78, 5) is 6.60. The van der Waals surface area contributed by atoms with Crippen molar-refractivity contribution in [3.8, 4) is 0 Å². The fourth-order valence-corrected chi connectivity index (χ4v) is 2.64. The highest BCUT2D eigenvalue weighted by atomic mass is 32.1. The molecule has 0 saturated heterocycles. The first-order chi connectivity index (χ1) is 8.65. The molecule has 1 heterocycles. The van der Waals surface area contributed by atoms with Gasteiger partial charge in [-0.15, -0.1) is 0 Å². The summed E-state index contributed by atoms with van der Waals surface area (Å²) in [7, 11) is 4.16. The first-order valence-electron chi connectivity index (χ1n) is 6.10. The molecule has 0 amide bonds. The number of unbranched alkanes of at least 4 members (excludes halogenated alkanes) is 1. The van der Waals surface area contributed by atoms with Gasteiger partial charge in [-0.25, -0.2) is 9.37 Å². The van der Waals surface area contributed by atoms with E-state index in [1.807, 2.05) is 0 Å². The van der Waals surface area contributed by atoms with Crippen LogP contribution in [0.5, 0.6) is 0 Å². The average molecular weight is 267 g/mol. The minimum absolute atomic E-state index is 0.205. The van der Waals surface area contributed by atoms with Gasteiger partial charge < -0.3 is 10.2 Å². The van der Waals surface area contributed by atoms with Crippen molar-refractivity contribution in [3.63, 3.8) is 0 Å². The second kappa shape index (κ2) is 6.11. The van der Waals surface area contributed by atoms with E-state index in [9.17, 15) is 4.39 Å². The number of fused-ring (bicyclic) bond motifs is 1. The summed E-state index contributed by atoms with van der Waals surface area (Å²) in [6, 6.07) is 4.70. The number of hydrogen-bond donors (Lipinski definition) is 1. The lowest BCUT2D eigenvalue weighted by Crippen LogP contribution is -2.14. The maximum Gasteiger partial charge on any atom is 0.183 e. The van der Waals surface area contributed by atoms with E-state index < -0.39 is 0 Å². The van der Waals surface area contributed by atoms with Crippen LogP contribution in [0.3, 0.4) is 0 Å². The normalized spacial score (nSPS) is 11.3. The van der Waals surface area contributed by atoms with Crippen molar-refractivity contribution >= 4 is 26.7 Å². The zero-order chi connectivity index (χ0) is 13.0. The van der Waals surface area contributed by atoms with E-state index >= 15 is 0 Å². The molecule has 2 aromatic rings. The molecule has 3 nitrogen and oxygen atoms in total. The Bertz CT molecular complexity index is 510. The van der Waals surface area contributed by atoms with Gasteiger partial charge in [0.25, 0.3) is 0 Å². The lowest BCUT2D eigenvalue weighted by Gasteiger charge is -2.08. The van der Waals surface area contributed by atoms with Crippen LogP contribution in [0.4, 0.5) is 9.52 Å². The molecule has 0 aliphatic heterocycles. The third-order valence-corrected chi connectivity index (χ3v) is 3.63. The van der Waals surface area contributed by atoms with Crippen LogP contribution < -0.4 is 5.32 Å². The molecule has 1 aromatic heterocycles. The van der Waals surface area contributed by atoms with Crippen molar-refractivity contribution in [2.24, 2.45) is 0 Å². The third-order valence-electron chi connectivity index (χ3n) is 2.66. The van der Waals surface area contributed by atoms with E-state index in [0.29, 0.717) is 0 Å². The molecule has 0 bridgehead atoms. The van der Waals surface area contributed by atoms with Gasteiger partial charge in [-0.1, -0.05) is 11.3 Å². The summed E-state index contributed by atoms with van der Waals surface area (Å²) in [5.41, 5.74) is 0.859. The van der Waals surface area contributed by atoms with Crippen LogP contribution in [0, 0.1) is 5.82 Å². The van der Waals surface area contributed by atoms with Crippen LogP contribution in [0.15, 0.2) is 18.2 Å². The van der Waals surface area contributed by atoms with E-state index in [4.69, 9.17) is 0 Å². The van der Waals surface area contributed by atoms with E-state index in [2.05, 4.69) is 29.3 Å². The average Bonchev–Trinajstić information content (AvgIpc) is 2.70. The van der Waals surface area contributed by atoms with Crippen LogP contribution in [0.25, 0.3) is 10.2 Å². The van der Waals surface area contributed by atoms with Crippen LogP contribution in [-0.4, -0.2) is 37.1 Å². The number of thiazole rings is 1. The highest BCUT2D eigenvalue weighted by molar-refractivity contribution is 7.22. The standard InChI is InChI=1S/C13H18FN3S/c1-17(2)8-4-3-7-15-13-16-11-6-5-10(14)9-12(11)18-13/h5-6,9H,3-4,7-8H2,1-2H3,(H,15,16). The Morgan fingerprint density at radius 3 is 2.94 bits per heavy atom. The van der Waals surface area contributed by atoms with Crippen molar-refractivity contribution < 1.29 is 4.39 Å². The molecule has 0 spiro atoms. The number of aromatic nitrogens is 1. The van der Waals surface area contributed by atoms with E-state index in [1.54, 1.807) is 6.07 Å². The van der Waals surface area contributed by atoms with Gasteiger partial charge in [0, 0.05) is 6.54 Å². The topological polar surface area (TPSA) is 28.2 Å². The summed E-state index contributed by atoms with van der Waals surface area (Å²) in [5.74, 6) is -0.205. The zero-order valence-corrected chi connectivity index (χ0v) is 11.6. The molecule has 98 valence electrons. The molecule has 5 heteroatoms. The molecule has 0 aliphatic carbocycles. The van der Waals surface area contributed by atoms with Gasteiger partial charge in [-0.05, 0) is 51.7 Å². The Balaban J connectivity index is 1.84. The number of benzene rings is 1. The predicted octanol–water partition coefficient (Wildman–Crippen LogP) is 3.19. The fourth-order valence-electron chi connectivity index (χ4n) is 1.72. The number of rotatable bonds is 6. The van der Waals surface area contributed by atoms with Crippen LogP contribution in [0.1, 0.15) is 12.8 Å². The van der Waals surface area contributed by atoms with Crippen molar-refractivity contribution in [2.45, 2.75) is 12.8 Å².